The molecule has 0 radical (unpaired) electrons. The third kappa shape index (κ3) is 16.0. The Bertz CT molecular complexity index is 1020. The summed E-state index contributed by atoms with van der Waals surface area (Å²) >= 11 is 0. The first kappa shape index (κ1) is 38.7. The Balaban J connectivity index is 5.19. The first-order chi connectivity index (χ1) is 20.0. The van der Waals surface area contributed by atoms with Crippen molar-refractivity contribution < 1.29 is 48.6 Å². The fourth-order valence-corrected chi connectivity index (χ4v) is 3.57. The van der Waals surface area contributed by atoms with Crippen molar-refractivity contribution in [3.05, 3.63) is 0 Å². The summed E-state index contributed by atoms with van der Waals surface area (Å²) < 4.78 is 0. The van der Waals surface area contributed by atoms with Crippen LogP contribution in [0.25, 0.3) is 0 Å². The molecule has 0 unspecified atom stereocenters. The standard InChI is InChI=1S/C25H44N8O10/c1-12(2)20(25(42)43)33-24(41)16(10-19(36)37)31-18(35)11-29-21(38)13(3)30-23(40)15(7-8-17(28)34)32-22(39)14(27)6-4-5-9-26/h12-16,20H,4-11,26-27H2,1-3H3,(H2,28,34)(H,29,38)(H,30,40)(H,31,35)(H,32,39)(H,33,41)(H,36,37)(H,42,43)/t13-,14+,15-,16-,20-/m0/s1. The van der Waals surface area contributed by atoms with Crippen LogP contribution < -0.4 is 43.8 Å². The van der Waals surface area contributed by atoms with E-state index in [1.54, 1.807) is 0 Å². The van der Waals surface area contributed by atoms with Gasteiger partial charge in [-0.25, -0.2) is 4.79 Å². The van der Waals surface area contributed by atoms with E-state index in [2.05, 4.69) is 26.6 Å². The van der Waals surface area contributed by atoms with Gasteiger partial charge in [-0.3, -0.25) is 33.6 Å². The lowest BCUT2D eigenvalue weighted by atomic mass is 10.0. The molecule has 0 fully saturated rings. The van der Waals surface area contributed by atoms with Crippen molar-refractivity contribution in [2.75, 3.05) is 13.1 Å². The summed E-state index contributed by atoms with van der Waals surface area (Å²) in [6, 6.07) is -6.42. The van der Waals surface area contributed by atoms with E-state index in [0.717, 1.165) is 0 Å². The van der Waals surface area contributed by atoms with Gasteiger partial charge in [0.2, 0.25) is 35.4 Å². The van der Waals surface area contributed by atoms with E-state index in [1.165, 1.54) is 20.8 Å². The highest BCUT2D eigenvalue weighted by Crippen LogP contribution is 2.05. The minimum absolute atomic E-state index is 0.175. The van der Waals surface area contributed by atoms with Gasteiger partial charge in [-0.1, -0.05) is 20.3 Å². The van der Waals surface area contributed by atoms with Gasteiger partial charge in [-0.2, -0.15) is 0 Å². The van der Waals surface area contributed by atoms with E-state index in [1.807, 2.05) is 0 Å². The van der Waals surface area contributed by atoms with E-state index in [4.69, 9.17) is 22.3 Å². The molecule has 0 saturated carbocycles. The Labute approximate surface area is 248 Å². The molecule has 244 valence electrons. The zero-order valence-corrected chi connectivity index (χ0v) is 24.5. The topological polar surface area (TPSA) is 315 Å². The van der Waals surface area contributed by atoms with Gasteiger partial charge >= 0.3 is 11.9 Å². The number of unbranched alkanes of at least 4 members (excludes halogenated alkanes) is 1. The number of primary amides is 1. The fraction of sp³-hybridized carbons (Fsp3) is 0.680. The summed E-state index contributed by atoms with van der Waals surface area (Å²) in [5, 5.41) is 29.6. The van der Waals surface area contributed by atoms with Crippen LogP contribution in [0.1, 0.15) is 59.3 Å². The Morgan fingerprint density at radius 3 is 1.86 bits per heavy atom. The van der Waals surface area contributed by atoms with Crippen molar-refractivity contribution in [1.82, 2.24) is 26.6 Å². The van der Waals surface area contributed by atoms with Crippen LogP contribution in [0.5, 0.6) is 0 Å². The van der Waals surface area contributed by atoms with E-state index in [0.29, 0.717) is 25.8 Å². The van der Waals surface area contributed by atoms with Crippen molar-refractivity contribution in [3.8, 4) is 0 Å². The fourth-order valence-electron chi connectivity index (χ4n) is 3.57. The summed E-state index contributed by atoms with van der Waals surface area (Å²) in [6.45, 7) is 4.01. The predicted molar refractivity (Wildman–Crippen MR) is 150 cm³/mol. The molecule has 5 atom stereocenters. The van der Waals surface area contributed by atoms with Crippen LogP contribution in [0.2, 0.25) is 0 Å². The third-order valence-electron chi connectivity index (χ3n) is 6.05. The van der Waals surface area contributed by atoms with Gasteiger partial charge in [0.05, 0.1) is 19.0 Å². The molecule has 0 aromatic rings. The molecule has 6 amide bonds. The molecule has 0 spiro atoms. The predicted octanol–water partition coefficient (Wildman–Crippen LogP) is -4.00. The lowest BCUT2D eigenvalue weighted by Crippen LogP contribution is -2.56. The van der Waals surface area contributed by atoms with Crippen LogP contribution in [0, 0.1) is 5.92 Å². The number of carboxylic acid groups (broad SMARTS) is 2. The highest BCUT2D eigenvalue weighted by molar-refractivity contribution is 5.96. The normalized spacial score (nSPS) is 14.3. The Morgan fingerprint density at radius 2 is 1.35 bits per heavy atom. The van der Waals surface area contributed by atoms with Gasteiger partial charge < -0.3 is 54.0 Å². The summed E-state index contributed by atoms with van der Waals surface area (Å²) in [5.74, 6) is -8.43. The van der Waals surface area contributed by atoms with E-state index in [-0.39, 0.29) is 12.8 Å². The number of hydrogen-bond acceptors (Lipinski definition) is 10. The van der Waals surface area contributed by atoms with Crippen LogP contribution in [0.4, 0.5) is 0 Å². The van der Waals surface area contributed by atoms with Gasteiger partial charge in [-0.15, -0.1) is 0 Å². The first-order valence-corrected chi connectivity index (χ1v) is 13.7. The molecule has 0 heterocycles. The number of amides is 6. The van der Waals surface area contributed by atoms with Gasteiger partial charge in [0.1, 0.15) is 24.2 Å². The highest BCUT2D eigenvalue weighted by Gasteiger charge is 2.30. The number of carbonyl (C=O) groups excluding carboxylic acids is 6. The van der Waals surface area contributed by atoms with Gasteiger partial charge in [0.15, 0.2) is 0 Å². The molecular weight excluding hydrogens is 572 g/mol. The number of aliphatic carboxylic acids is 2. The van der Waals surface area contributed by atoms with E-state index in [9.17, 15) is 43.5 Å². The summed E-state index contributed by atoms with van der Waals surface area (Å²) in [5.41, 5.74) is 16.4. The minimum Gasteiger partial charge on any atom is -0.481 e. The molecule has 0 rings (SSSR count). The van der Waals surface area contributed by atoms with E-state index >= 15 is 0 Å². The van der Waals surface area contributed by atoms with Crippen LogP contribution in [-0.4, -0.2) is 101 Å². The van der Waals surface area contributed by atoms with Crippen molar-refractivity contribution in [3.63, 3.8) is 0 Å². The quantitative estimate of drug-likeness (QED) is 0.0552. The van der Waals surface area contributed by atoms with Crippen LogP contribution in [0.15, 0.2) is 0 Å². The molecule has 0 bridgehead atoms. The minimum atomic E-state index is -1.64. The lowest BCUT2D eigenvalue weighted by Gasteiger charge is -2.23. The second kappa shape index (κ2) is 19.7. The molecular formula is C25H44N8O10. The number of nitrogens with one attached hydrogen (secondary N) is 5. The van der Waals surface area contributed by atoms with Crippen molar-refractivity contribution in [2.45, 2.75) is 89.5 Å². The Hall–Kier alpha value is -4.32. The molecule has 0 aliphatic rings. The number of hydrogen-bond donors (Lipinski definition) is 10. The number of nitrogens with two attached hydrogens (primary N) is 3. The SMILES string of the molecule is CC(C)[C@H](NC(=O)[C@H](CC(=O)O)NC(=O)CNC(=O)[C@H](C)NC(=O)[C@H](CCC(N)=O)NC(=O)[C@H](N)CCCCN)C(=O)O. The largest absolute Gasteiger partial charge is 0.481 e. The Morgan fingerprint density at radius 1 is 0.744 bits per heavy atom. The molecule has 0 aliphatic heterocycles. The number of rotatable bonds is 21. The summed E-state index contributed by atoms with van der Waals surface area (Å²) in [4.78, 5) is 96.4. The maximum atomic E-state index is 12.8. The maximum Gasteiger partial charge on any atom is 0.326 e. The Kier molecular flexibility index (Phi) is 17.8. The average Bonchev–Trinajstić information content (AvgIpc) is 2.90. The second-order valence-corrected chi connectivity index (χ2v) is 10.2. The van der Waals surface area contributed by atoms with Crippen molar-refractivity contribution >= 4 is 47.4 Å². The van der Waals surface area contributed by atoms with Crippen molar-refractivity contribution in [2.24, 2.45) is 23.1 Å². The first-order valence-electron chi connectivity index (χ1n) is 13.7. The highest BCUT2D eigenvalue weighted by atomic mass is 16.4. The summed E-state index contributed by atoms with van der Waals surface area (Å²) in [6.07, 6.45) is 0.242. The van der Waals surface area contributed by atoms with Gasteiger partial charge in [-0.05, 0) is 38.6 Å². The van der Waals surface area contributed by atoms with Gasteiger partial charge in [0.25, 0.3) is 0 Å². The average molecular weight is 617 g/mol. The van der Waals surface area contributed by atoms with Gasteiger partial charge in [0, 0.05) is 6.42 Å². The molecule has 43 heavy (non-hydrogen) atoms. The zero-order valence-electron chi connectivity index (χ0n) is 24.5. The molecule has 13 N–H and O–H groups in total. The molecule has 0 saturated heterocycles. The molecule has 0 aromatic carbocycles. The smallest absolute Gasteiger partial charge is 0.326 e. The van der Waals surface area contributed by atoms with Crippen LogP contribution >= 0.6 is 0 Å². The summed E-state index contributed by atoms with van der Waals surface area (Å²) in [7, 11) is 0. The van der Waals surface area contributed by atoms with Crippen molar-refractivity contribution in [1.29, 1.82) is 0 Å². The monoisotopic (exact) mass is 616 g/mol. The molecule has 0 aliphatic carbocycles. The number of carbonyl (C=O) groups is 8. The van der Waals surface area contributed by atoms with Crippen LogP contribution in [-0.2, 0) is 38.4 Å². The van der Waals surface area contributed by atoms with E-state index < -0.39 is 96.5 Å². The third-order valence-corrected chi connectivity index (χ3v) is 6.05. The molecule has 0 aromatic heterocycles. The maximum absolute atomic E-state index is 12.8. The number of carboxylic acids is 2. The lowest BCUT2D eigenvalue weighted by molar-refractivity contribution is -0.144. The molecule has 18 heteroatoms. The molecule has 18 nitrogen and oxygen atoms in total. The second-order valence-electron chi connectivity index (χ2n) is 10.2. The zero-order chi connectivity index (χ0) is 33.3. The van der Waals surface area contributed by atoms with Crippen LogP contribution in [0.3, 0.4) is 0 Å².